The molecule has 2 aromatic rings. The van der Waals surface area contributed by atoms with Crippen LogP contribution in [-0.4, -0.2) is 11.6 Å². The Morgan fingerprint density at radius 1 is 1.04 bits per heavy atom. The van der Waals surface area contributed by atoms with E-state index in [0.717, 1.165) is 17.7 Å². The molecule has 0 spiro atoms. The van der Waals surface area contributed by atoms with Gasteiger partial charge in [0, 0.05) is 6.54 Å². The van der Waals surface area contributed by atoms with Gasteiger partial charge in [0.15, 0.2) is 0 Å². The molecule has 0 aliphatic heterocycles. The molecule has 0 fully saturated rings. The second kappa shape index (κ2) is 6.88. The Morgan fingerprint density at radius 2 is 1.64 bits per heavy atom. The predicted octanol–water partition coefficient (Wildman–Crippen LogP) is 4.79. The third-order valence-corrected chi connectivity index (χ3v) is 3.46. The molecule has 2 aromatic carbocycles. The second-order valence-electron chi connectivity index (χ2n) is 6.66. The van der Waals surface area contributed by atoms with Gasteiger partial charge in [-0.1, -0.05) is 18.2 Å². The summed E-state index contributed by atoms with van der Waals surface area (Å²) < 4.78 is 43.6. The van der Waals surface area contributed by atoms with E-state index in [0.29, 0.717) is 11.1 Å². The van der Waals surface area contributed by atoms with Crippen LogP contribution in [0.15, 0.2) is 42.5 Å². The molecular formula is C19H20F3NO2. The molecule has 2 rings (SSSR count). The van der Waals surface area contributed by atoms with Gasteiger partial charge >= 0.3 is 12.1 Å². The van der Waals surface area contributed by atoms with E-state index in [1.165, 1.54) is 12.1 Å². The summed E-state index contributed by atoms with van der Waals surface area (Å²) in [4.78, 5) is 12.4. The quantitative estimate of drug-likeness (QED) is 0.809. The number of ether oxygens (including phenoxy) is 1. The minimum atomic E-state index is -4.41. The summed E-state index contributed by atoms with van der Waals surface area (Å²) in [6.07, 6.45) is -4.41. The molecule has 0 bridgehead atoms. The highest BCUT2D eigenvalue weighted by Gasteiger charge is 2.30. The zero-order valence-corrected chi connectivity index (χ0v) is 14.3. The highest BCUT2D eigenvalue weighted by atomic mass is 19.4. The number of hydrogen-bond acceptors (Lipinski definition) is 3. The van der Waals surface area contributed by atoms with Crippen molar-refractivity contribution in [3.8, 4) is 11.1 Å². The number of rotatable bonds is 3. The van der Waals surface area contributed by atoms with Crippen LogP contribution in [0.2, 0.25) is 0 Å². The highest BCUT2D eigenvalue weighted by molar-refractivity contribution is 5.97. The zero-order chi connectivity index (χ0) is 18.8. The van der Waals surface area contributed by atoms with Crippen LogP contribution in [0.5, 0.6) is 0 Å². The van der Waals surface area contributed by atoms with Gasteiger partial charge in [0.1, 0.15) is 5.60 Å². The SMILES string of the molecule is CC(C)(C)OC(=O)c1ccc(CN)cc1-c1ccc(C(F)(F)F)cc1. The summed E-state index contributed by atoms with van der Waals surface area (Å²) in [5.41, 5.74) is 6.25. The van der Waals surface area contributed by atoms with Crippen molar-refractivity contribution >= 4 is 5.97 Å². The average molecular weight is 351 g/mol. The second-order valence-corrected chi connectivity index (χ2v) is 6.66. The molecule has 0 unspecified atom stereocenters. The molecule has 3 nitrogen and oxygen atoms in total. The first-order valence-electron chi connectivity index (χ1n) is 7.75. The summed E-state index contributed by atoms with van der Waals surface area (Å²) >= 11 is 0. The van der Waals surface area contributed by atoms with Crippen molar-refractivity contribution in [2.75, 3.05) is 0 Å². The van der Waals surface area contributed by atoms with Gasteiger partial charge in [-0.15, -0.1) is 0 Å². The first-order chi connectivity index (χ1) is 11.5. The molecule has 0 atom stereocenters. The molecule has 2 N–H and O–H groups in total. The number of carbonyl (C=O) groups excluding carboxylic acids is 1. The van der Waals surface area contributed by atoms with Gasteiger partial charge in [-0.25, -0.2) is 4.79 Å². The maximum absolute atomic E-state index is 12.7. The highest BCUT2D eigenvalue weighted by Crippen LogP contribution is 2.32. The fraction of sp³-hybridized carbons (Fsp3) is 0.316. The van der Waals surface area contributed by atoms with Gasteiger partial charge in [-0.05, 0) is 61.7 Å². The van der Waals surface area contributed by atoms with Crippen molar-refractivity contribution in [3.05, 3.63) is 59.2 Å². The molecule has 0 aliphatic carbocycles. The van der Waals surface area contributed by atoms with Crippen LogP contribution in [0.4, 0.5) is 13.2 Å². The maximum Gasteiger partial charge on any atom is 0.416 e. The number of nitrogens with two attached hydrogens (primary N) is 1. The van der Waals surface area contributed by atoms with E-state index in [-0.39, 0.29) is 12.1 Å². The lowest BCUT2D eigenvalue weighted by molar-refractivity contribution is -0.137. The van der Waals surface area contributed by atoms with Gasteiger partial charge in [0.05, 0.1) is 11.1 Å². The topological polar surface area (TPSA) is 52.3 Å². The number of alkyl halides is 3. The summed E-state index contributed by atoms with van der Waals surface area (Å²) in [7, 11) is 0. The van der Waals surface area contributed by atoms with Crippen LogP contribution in [0.25, 0.3) is 11.1 Å². The zero-order valence-electron chi connectivity index (χ0n) is 14.3. The third-order valence-electron chi connectivity index (χ3n) is 3.46. The number of hydrogen-bond donors (Lipinski definition) is 1. The Bertz CT molecular complexity index is 760. The lowest BCUT2D eigenvalue weighted by atomic mass is 9.96. The molecule has 0 saturated heterocycles. The van der Waals surface area contributed by atoms with E-state index in [9.17, 15) is 18.0 Å². The van der Waals surface area contributed by atoms with Crippen molar-refractivity contribution < 1.29 is 22.7 Å². The van der Waals surface area contributed by atoms with Gasteiger partial charge in [-0.2, -0.15) is 13.2 Å². The van der Waals surface area contributed by atoms with Crippen molar-refractivity contribution in [1.29, 1.82) is 0 Å². The number of esters is 1. The molecule has 25 heavy (non-hydrogen) atoms. The Labute approximate surface area is 144 Å². The predicted molar refractivity (Wildman–Crippen MR) is 89.9 cm³/mol. The fourth-order valence-corrected chi connectivity index (χ4v) is 2.31. The van der Waals surface area contributed by atoms with Crippen molar-refractivity contribution in [2.24, 2.45) is 5.73 Å². The van der Waals surface area contributed by atoms with Gasteiger partial charge in [0.2, 0.25) is 0 Å². The molecule has 0 radical (unpaired) electrons. The van der Waals surface area contributed by atoms with E-state index >= 15 is 0 Å². The first kappa shape index (κ1) is 19.0. The molecule has 0 saturated carbocycles. The van der Waals surface area contributed by atoms with E-state index in [1.807, 2.05) is 0 Å². The van der Waals surface area contributed by atoms with Crippen LogP contribution in [0.3, 0.4) is 0 Å². The lowest BCUT2D eigenvalue weighted by Gasteiger charge is -2.21. The molecule has 134 valence electrons. The van der Waals surface area contributed by atoms with Crippen molar-refractivity contribution in [3.63, 3.8) is 0 Å². The van der Waals surface area contributed by atoms with Gasteiger partial charge in [0.25, 0.3) is 0 Å². The van der Waals surface area contributed by atoms with Gasteiger partial charge < -0.3 is 10.5 Å². The number of halogens is 3. The monoisotopic (exact) mass is 351 g/mol. The van der Waals surface area contributed by atoms with Crippen LogP contribution in [-0.2, 0) is 17.5 Å². The van der Waals surface area contributed by atoms with Crippen LogP contribution in [0, 0.1) is 0 Å². The summed E-state index contributed by atoms with van der Waals surface area (Å²) in [5, 5.41) is 0. The molecule has 0 aromatic heterocycles. The normalized spacial score (nSPS) is 12.1. The summed E-state index contributed by atoms with van der Waals surface area (Å²) in [6, 6.07) is 9.64. The maximum atomic E-state index is 12.7. The van der Waals surface area contributed by atoms with Crippen LogP contribution < -0.4 is 5.73 Å². The third kappa shape index (κ3) is 4.82. The summed E-state index contributed by atoms with van der Waals surface area (Å²) in [5.74, 6) is -0.536. The molecule has 0 amide bonds. The lowest BCUT2D eigenvalue weighted by Crippen LogP contribution is -2.24. The number of carbonyl (C=O) groups is 1. The van der Waals surface area contributed by atoms with Crippen molar-refractivity contribution in [2.45, 2.75) is 39.1 Å². The molecular weight excluding hydrogens is 331 g/mol. The smallest absolute Gasteiger partial charge is 0.416 e. The summed E-state index contributed by atoms with van der Waals surface area (Å²) in [6.45, 7) is 5.49. The van der Waals surface area contributed by atoms with E-state index in [1.54, 1.807) is 39.0 Å². The van der Waals surface area contributed by atoms with Crippen LogP contribution >= 0.6 is 0 Å². The van der Waals surface area contributed by atoms with Crippen LogP contribution in [0.1, 0.15) is 42.3 Å². The van der Waals surface area contributed by atoms with Crippen molar-refractivity contribution in [1.82, 2.24) is 0 Å². The Hall–Kier alpha value is -2.34. The van der Waals surface area contributed by atoms with E-state index in [2.05, 4.69) is 0 Å². The Kier molecular flexibility index (Phi) is 5.23. The van der Waals surface area contributed by atoms with Gasteiger partial charge in [-0.3, -0.25) is 0 Å². The molecule has 0 heterocycles. The molecule has 6 heteroatoms. The minimum absolute atomic E-state index is 0.252. The minimum Gasteiger partial charge on any atom is -0.456 e. The Balaban J connectivity index is 2.49. The van der Waals surface area contributed by atoms with E-state index in [4.69, 9.17) is 10.5 Å². The largest absolute Gasteiger partial charge is 0.456 e. The fourth-order valence-electron chi connectivity index (χ4n) is 2.31. The first-order valence-corrected chi connectivity index (χ1v) is 7.75. The number of benzene rings is 2. The molecule has 0 aliphatic rings. The Morgan fingerprint density at radius 3 is 2.12 bits per heavy atom. The van der Waals surface area contributed by atoms with E-state index < -0.39 is 23.3 Å². The standard InChI is InChI=1S/C19H20F3NO2/c1-18(2,3)25-17(24)15-9-4-12(11-23)10-16(15)13-5-7-14(8-6-13)19(20,21)22/h4-10H,11,23H2,1-3H3. The average Bonchev–Trinajstić information content (AvgIpc) is 2.52.